The fourth-order valence-electron chi connectivity index (χ4n) is 2.40. The van der Waals surface area contributed by atoms with E-state index in [2.05, 4.69) is 10.2 Å². The van der Waals surface area contributed by atoms with Gasteiger partial charge in [-0.1, -0.05) is 17.8 Å². The summed E-state index contributed by atoms with van der Waals surface area (Å²) in [5.41, 5.74) is 0.896. The molecule has 0 bridgehead atoms. The predicted octanol–water partition coefficient (Wildman–Crippen LogP) is 2.39. The molecule has 1 aliphatic rings. The van der Waals surface area contributed by atoms with Gasteiger partial charge in [-0.25, -0.2) is 0 Å². The average molecular weight is 328 g/mol. The molecule has 7 heteroatoms. The van der Waals surface area contributed by atoms with Crippen molar-refractivity contribution in [3.8, 4) is 11.4 Å². The molecule has 0 spiro atoms. The van der Waals surface area contributed by atoms with E-state index >= 15 is 0 Å². The molecule has 6 nitrogen and oxygen atoms in total. The van der Waals surface area contributed by atoms with Crippen LogP contribution in [0.2, 0.25) is 0 Å². The van der Waals surface area contributed by atoms with Crippen LogP contribution in [-0.4, -0.2) is 32.0 Å². The first-order chi connectivity index (χ1) is 11.3. The number of ether oxygens (including phenoxy) is 1. The predicted molar refractivity (Wildman–Crippen MR) is 88.6 cm³/mol. The Labute approximate surface area is 137 Å². The number of methoxy groups -OCH3 is 1. The van der Waals surface area contributed by atoms with Gasteiger partial charge in [-0.05, 0) is 30.9 Å². The lowest BCUT2D eigenvalue weighted by Crippen LogP contribution is -2.20. The zero-order valence-electron chi connectivity index (χ0n) is 12.7. The van der Waals surface area contributed by atoms with Crippen LogP contribution < -0.4 is 10.3 Å². The standard InChI is InChI=1S/C16H16N4O2S/c1-22-13-4-2-3-12(9-13)19-7-8-20-14(15(19)21)17-18-16(20)23-10-11-5-6-11/h2-4,7-9,11H,5-6,10H2,1H3. The third kappa shape index (κ3) is 2.72. The van der Waals surface area contributed by atoms with Crippen LogP contribution in [0.4, 0.5) is 0 Å². The molecule has 0 N–H and O–H groups in total. The van der Waals surface area contributed by atoms with Crippen LogP contribution in [0, 0.1) is 5.92 Å². The van der Waals surface area contributed by atoms with Gasteiger partial charge in [0.25, 0.3) is 0 Å². The van der Waals surface area contributed by atoms with Gasteiger partial charge in [0.1, 0.15) is 5.75 Å². The van der Waals surface area contributed by atoms with Crippen LogP contribution in [-0.2, 0) is 0 Å². The smallest absolute Gasteiger partial charge is 0.300 e. The molecule has 1 saturated carbocycles. The number of thioether (sulfide) groups is 1. The van der Waals surface area contributed by atoms with E-state index in [-0.39, 0.29) is 5.56 Å². The zero-order valence-corrected chi connectivity index (χ0v) is 13.5. The number of aromatic nitrogens is 4. The monoisotopic (exact) mass is 328 g/mol. The highest BCUT2D eigenvalue weighted by molar-refractivity contribution is 7.99. The van der Waals surface area contributed by atoms with Crippen molar-refractivity contribution in [2.75, 3.05) is 12.9 Å². The Kier molecular flexibility index (Phi) is 3.57. The molecule has 2 heterocycles. The summed E-state index contributed by atoms with van der Waals surface area (Å²) in [4.78, 5) is 12.7. The molecular formula is C16H16N4O2S. The van der Waals surface area contributed by atoms with Crippen molar-refractivity contribution in [3.63, 3.8) is 0 Å². The minimum absolute atomic E-state index is 0.188. The van der Waals surface area contributed by atoms with Crippen LogP contribution in [0.15, 0.2) is 46.6 Å². The number of rotatable bonds is 5. The Bertz CT molecular complexity index is 914. The van der Waals surface area contributed by atoms with Crippen molar-refractivity contribution >= 4 is 17.4 Å². The van der Waals surface area contributed by atoms with Crippen molar-refractivity contribution in [2.24, 2.45) is 5.92 Å². The maximum absolute atomic E-state index is 12.7. The first-order valence-corrected chi connectivity index (χ1v) is 8.48. The number of nitrogens with zero attached hydrogens (tertiary/aromatic N) is 4. The summed E-state index contributed by atoms with van der Waals surface area (Å²) in [6.45, 7) is 0. The van der Waals surface area contributed by atoms with Gasteiger partial charge in [-0.3, -0.25) is 13.8 Å². The zero-order chi connectivity index (χ0) is 15.8. The Morgan fingerprint density at radius 1 is 1.30 bits per heavy atom. The molecule has 1 aliphatic carbocycles. The SMILES string of the molecule is COc1cccc(-n2ccn3c(SCC4CC4)nnc3c2=O)c1. The molecule has 1 aromatic carbocycles. The topological polar surface area (TPSA) is 61.4 Å². The number of benzene rings is 1. The van der Waals surface area contributed by atoms with Gasteiger partial charge >= 0.3 is 5.56 Å². The summed E-state index contributed by atoms with van der Waals surface area (Å²) in [5.74, 6) is 2.54. The van der Waals surface area contributed by atoms with Crippen molar-refractivity contribution in [2.45, 2.75) is 18.0 Å². The molecule has 0 atom stereocenters. The summed E-state index contributed by atoms with van der Waals surface area (Å²) in [6.07, 6.45) is 6.18. The highest BCUT2D eigenvalue weighted by atomic mass is 32.2. The fourth-order valence-corrected chi connectivity index (χ4v) is 3.51. The highest BCUT2D eigenvalue weighted by Gasteiger charge is 2.22. The summed E-state index contributed by atoms with van der Waals surface area (Å²) < 4.78 is 8.54. The van der Waals surface area contributed by atoms with Crippen LogP contribution in [0.1, 0.15) is 12.8 Å². The van der Waals surface area contributed by atoms with Gasteiger partial charge in [0, 0.05) is 24.2 Å². The summed E-state index contributed by atoms with van der Waals surface area (Å²) in [5, 5.41) is 9.01. The molecule has 0 unspecified atom stereocenters. The van der Waals surface area contributed by atoms with Crippen LogP contribution >= 0.6 is 11.8 Å². The molecule has 118 valence electrons. The molecule has 3 aromatic rings. The Hall–Kier alpha value is -2.28. The van der Waals surface area contributed by atoms with E-state index in [1.54, 1.807) is 34.0 Å². The number of fused-ring (bicyclic) bond motifs is 1. The van der Waals surface area contributed by atoms with E-state index in [0.29, 0.717) is 11.4 Å². The molecule has 2 aromatic heterocycles. The lowest BCUT2D eigenvalue weighted by molar-refractivity contribution is 0.414. The van der Waals surface area contributed by atoms with Crippen LogP contribution in [0.5, 0.6) is 5.75 Å². The van der Waals surface area contributed by atoms with E-state index in [9.17, 15) is 4.79 Å². The first kappa shape index (κ1) is 14.3. The third-order valence-corrected chi connectivity index (χ3v) is 5.09. The molecule has 1 fully saturated rings. The molecule has 23 heavy (non-hydrogen) atoms. The van der Waals surface area contributed by atoms with Crippen LogP contribution in [0.25, 0.3) is 11.3 Å². The summed E-state index contributed by atoms with van der Waals surface area (Å²) >= 11 is 1.66. The lowest BCUT2D eigenvalue weighted by atomic mass is 10.3. The lowest BCUT2D eigenvalue weighted by Gasteiger charge is -2.08. The maximum atomic E-state index is 12.7. The van der Waals surface area contributed by atoms with E-state index in [1.807, 2.05) is 30.5 Å². The van der Waals surface area contributed by atoms with Gasteiger partial charge in [0.2, 0.25) is 5.65 Å². The second-order valence-electron chi connectivity index (χ2n) is 5.61. The van der Waals surface area contributed by atoms with E-state index < -0.39 is 0 Å². The number of hydrogen-bond acceptors (Lipinski definition) is 5. The molecule has 0 aliphatic heterocycles. The Morgan fingerprint density at radius 2 is 2.17 bits per heavy atom. The molecule has 0 amide bonds. The summed E-state index contributed by atoms with van der Waals surface area (Å²) in [7, 11) is 1.60. The second kappa shape index (κ2) is 5.73. The van der Waals surface area contributed by atoms with Crippen molar-refractivity contribution in [1.29, 1.82) is 0 Å². The highest BCUT2D eigenvalue weighted by Crippen LogP contribution is 2.34. The third-order valence-electron chi connectivity index (χ3n) is 3.92. The van der Waals surface area contributed by atoms with Crippen molar-refractivity contribution in [1.82, 2.24) is 19.2 Å². The maximum Gasteiger partial charge on any atom is 0.300 e. The van der Waals surface area contributed by atoms with E-state index in [0.717, 1.165) is 22.5 Å². The van der Waals surface area contributed by atoms with Gasteiger partial charge in [-0.2, -0.15) is 0 Å². The molecule has 4 rings (SSSR count). The minimum atomic E-state index is -0.188. The largest absolute Gasteiger partial charge is 0.497 e. The van der Waals surface area contributed by atoms with Gasteiger partial charge < -0.3 is 4.74 Å². The van der Waals surface area contributed by atoms with Crippen molar-refractivity contribution < 1.29 is 4.74 Å². The Morgan fingerprint density at radius 3 is 2.96 bits per heavy atom. The van der Waals surface area contributed by atoms with Gasteiger partial charge in [0.05, 0.1) is 12.8 Å². The first-order valence-electron chi connectivity index (χ1n) is 7.50. The fraction of sp³-hybridized carbons (Fsp3) is 0.312. The quantitative estimate of drug-likeness (QED) is 0.673. The Balaban J connectivity index is 1.74. The van der Waals surface area contributed by atoms with Gasteiger partial charge in [-0.15, -0.1) is 10.2 Å². The second-order valence-corrected chi connectivity index (χ2v) is 6.59. The molecule has 0 saturated heterocycles. The molecular weight excluding hydrogens is 312 g/mol. The average Bonchev–Trinajstić information content (AvgIpc) is 3.32. The molecule has 0 radical (unpaired) electrons. The van der Waals surface area contributed by atoms with Crippen LogP contribution in [0.3, 0.4) is 0 Å². The van der Waals surface area contributed by atoms with E-state index in [1.165, 1.54) is 12.8 Å². The van der Waals surface area contributed by atoms with E-state index in [4.69, 9.17) is 4.74 Å². The normalized spacial score (nSPS) is 14.3. The summed E-state index contributed by atoms with van der Waals surface area (Å²) in [6, 6.07) is 7.37. The minimum Gasteiger partial charge on any atom is -0.497 e. The van der Waals surface area contributed by atoms with Gasteiger partial charge in [0.15, 0.2) is 5.16 Å². The van der Waals surface area contributed by atoms with Crippen molar-refractivity contribution in [3.05, 3.63) is 47.0 Å². The number of hydrogen-bond donors (Lipinski definition) is 0.